The Hall–Kier alpha value is -1.56. The molecule has 0 unspecified atom stereocenters. The molecule has 6 heteroatoms. The zero-order valence-electron chi connectivity index (χ0n) is 10.4. The van der Waals surface area contributed by atoms with Crippen molar-refractivity contribution in [1.82, 2.24) is 5.32 Å². The van der Waals surface area contributed by atoms with E-state index in [1.807, 2.05) is 6.08 Å². The molecule has 0 spiro atoms. The highest BCUT2D eigenvalue weighted by molar-refractivity contribution is 5.82. The van der Waals surface area contributed by atoms with Crippen molar-refractivity contribution in [3.8, 4) is 0 Å². The monoisotopic (exact) mass is 255 g/mol. The van der Waals surface area contributed by atoms with Crippen LogP contribution in [0.5, 0.6) is 0 Å². The van der Waals surface area contributed by atoms with Crippen molar-refractivity contribution < 1.29 is 15.1 Å². The van der Waals surface area contributed by atoms with Crippen molar-refractivity contribution in [3.05, 3.63) is 12.2 Å². The number of nitrogens with one attached hydrogen (secondary N) is 1. The molecule has 1 aliphatic heterocycles. The minimum atomic E-state index is -0.984. The molecule has 1 fully saturated rings. The largest absolute Gasteiger partial charge is 0.480 e. The first kappa shape index (κ1) is 14.5. The van der Waals surface area contributed by atoms with Crippen molar-refractivity contribution in [1.29, 1.82) is 0 Å². The van der Waals surface area contributed by atoms with Crippen LogP contribution >= 0.6 is 0 Å². The molecule has 2 atom stereocenters. The maximum absolute atomic E-state index is 10.5. The topological polar surface area (TPSA) is 108 Å². The molecule has 1 aliphatic rings. The van der Waals surface area contributed by atoms with Crippen LogP contribution in [0.1, 0.15) is 38.5 Å². The highest BCUT2D eigenvalue weighted by Gasteiger charge is 2.14. The summed E-state index contributed by atoms with van der Waals surface area (Å²) in [4.78, 5) is 10.5. The van der Waals surface area contributed by atoms with Crippen LogP contribution in [0.15, 0.2) is 17.3 Å². The molecule has 1 heterocycles. The Balaban J connectivity index is 2.33. The molecule has 0 bridgehead atoms. The number of carbonyl (C=O) groups is 1. The fraction of sp³-hybridized carbons (Fsp3) is 0.667. The second-order valence-corrected chi connectivity index (χ2v) is 4.52. The summed E-state index contributed by atoms with van der Waals surface area (Å²) < 4.78 is 0. The van der Waals surface area contributed by atoms with E-state index in [1.54, 1.807) is 6.08 Å². The van der Waals surface area contributed by atoms with Crippen molar-refractivity contribution in [2.45, 2.75) is 50.6 Å². The van der Waals surface area contributed by atoms with Crippen molar-refractivity contribution in [3.63, 3.8) is 0 Å². The molecule has 0 aromatic carbocycles. The number of nitrogens with zero attached hydrogens (tertiary/aromatic N) is 1. The summed E-state index contributed by atoms with van der Waals surface area (Å²) in [5.74, 6) is -0.352. The fourth-order valence-electron chi connectivity index (χ4n) is 1.92. The van der Waals surface area contributed by atoms with E-state index in [-0.39, 0.29) is 6.04 Å². The highest BCUT2D eigenvalue weighted by atomic mass is 16.4. The van der Waals surface area contributed by atoms with Gasteiger partial charge in [0.05, 0.1) is 0 Å². The predicted molar refractivity (Wildman–Crippen MR) is 68.6 cm³/mol. The van der Waals surface area contributed by atoms with E-state index in [4.69, 9.17) is 16.0 Å². The lowest BCUT2D eigenvalue weighted by molar-refractivity contribution is -0.138. The summed E-state index contributed by atoms with van der Waals surface area (Å²) >= 11 is 0. The average Bonchev–Trinajstić information content (AvgIpc) is 2.59. The molecule has 102 valence electrons. The minimum Gasteiger partial charge on any atom is -0.480 e. The maximum atomic E-state index is 10.5. The van der Waals surface area contributed by atoms with E-state index in [0.717, 1.165) is 32.1 Å². The Morgan fingerprint density at radius 3 is 3.00 bits per heavy atom. The van der Waals surface area contributed by atoms with Gasteiger partial charge in [-0.25, -0.2) is 0 Å². The molecule has 18 heavy (non-hydrogen) atoms. The Morgan fingerprint density at radius 2 is 2.33 bits per heavy atom. The molecular weight excluding hydrogens is 234 g/mol. The van der Waals surface area contributed by atoms with Gasteiger partial charge in [-0.3, -0.25) is 4.79 Å². The smallest absolute Gasteiger partial charge is 0.320 e. The van der Waals surface area contributed by atoms with Gasteiger partial charge in [-0.1, -0.05) is 23.7 Å². The standard InChI is InChI=1S/C12H21N3O3/c13-10(12(16)17)7-3-1-5-9-6-2-4-8-11(14-9)15-18/h1,3,9-10,18H,2,4-8,13H2,(H,14,15)(H,16,17)/b3-1+/t9-,10-/m0/s1. The quantitative estimate of drug-likeness (QED) is 0.334. The van der Waals surface area contributed by atoms with E-state index in [2.05, 4.69) is 10.5 Å². The number of amidine groups is 1. The molecule has 6 nitrogen and oxygen atoms in total. The molecule has 0 amide bonds. The van der Waals surface area contributed by atoms with E-state index in [9.17, 15) is 4.79 Å². The second-order valence-electron chi connectivity index (χ2n) is 4.52. The van der Waals surface area contributed by atoms with Crippen LogP contribution in [0, 0.1) is 0 Å². The Kier molecular flexibility index (Phi) is 6.21. The summed E-state index contributed by atoms with van der Waals surface area (Å²) in [7, 11) is 0. The number of carboxylic acid groups (broad SMARTS) is 1. The van der Waals surface area contributed by atoms with Crippen LogP contribution in [-0.2, 0) is 4.79 Å². The lowest BCUT2D eigenvalue weighted by atomic mass is 10.1. The predicted octanol–water partition coefficient (Wildman–Crippen LogP) is 1.05. The number of rotatable bonds is 5. The third-order valence-electron chi connectivity index (χ3n) is 3.00. The Labute approximate surface area is 107 Å². The van der Waals surface area contributed by atoms with Crippen LogP contribution in [0.3, 0.4) is 0 Å². The van der Waals surface area contributed by atoms with Crippen LogP contribution in [0.4, 0.5) is 0 Å². The fourth-order valence-corrected chi connectivity index (χ4v) is 1.92. The summed E-state index contributed by atoms with van der Waals surface area (Å²) in [6, 6.07) is -0.589. The van der Waals surface area contributed by atoms with Gasteiger partial charge in [-0.15, -0.1) is 0 Å². The van der Waals surface area contributed by atoms with E-state index in [0.29, 0.717) is 12.3 Å². The Morgan fingerprint density at radius 1 is 1.56 bits per heavy atom. The molecule has 0 aromatic rings. The van der Waals surface area contributed by atoms with Crippen molar-refractivity contribution >= 4 is 11.8 Å². The minimum absolute atomic E-state index is 0.246. The average molecular weight is 255 g/mol. The first-order valence-corrected chi connectivity index (χ1v) is 6.24. The van der Waals surface area contributed by atoms with Crippen molar-refractivity contribution in [2.24, 2.45) is 10.9 Å². The van der Waals surface area contributed by atoms with E-state index in [1.165, 1.54) is 0 Å². The number of hydrogen-bond donors (Lipinski definition) is 4. The number of hydrogen-bond acceptors (Lipinski definition) is 4. The van der Waals surface area contributed by atoms with Crippen molar-refractivity contribution in [2.75, 3.05) is 0 Å². The third-order valence-corrected chi connectivity index (χ3v) is 3.00. The SMILES string of the molecule is N[C@@H](C/C=C/C[C@H]1CCCCC(=NO)N1)C(=O)O. The second kappa shape index (κ2) is 7.71. The van der Waals surface area contributed by atoms with Gasteiger partial charge in [0.1, 0.15) is 11.9 Å². The third kappa shape index (κ3) is 5.18. The zero-order valence-corrected chi connectivity index (χ0v) is 10.4. The molecule has 5 N–H and O–H groups in total. The molecule has 0 aromatic heterocycles. The van der Waals surface area contributed by atoms with Gasteiger partial charge < -0.3 is 21.4 Å². The summed E-state index contributed by atoms with van der Waals surface area (Å²) in [5, 5.41) is 23.8. The van der Waals surface area contributed by atoms with Crippen LogP contribution in [0.2, 0.25) is 0 Å². The highest BCUT2D eigenvalue weighted by Crippen LogP contribution is 2.13. The lowest BCUT2D eigenvalue weighted by Gasteiger charge is -2.14. The number of carboxylic acids is 1. The molecule has 0 aliphatic carbocycles. The summed E-state index contributed by atoms with van der Waals surface area (Å²) in [5.41, 5.74) is 5.39. The van der Waals surface area contributed by atoms with Gasteiger partial charge in [0.2, 0.25) is 0 Å². The lowest BCUT2D eigenvalue weighted by Crippen LogP contribution is -2.32. The molecule has 1 rings (SSSR count). The van der Waals surface area contributed by atoms with E-state index < -0.39 is 12.0 Å². The zero-order chi connectivity index (χ0) is 13.4. The van der Waals surface area contributed by atoms with Gasteiger partial charge >= 0.3 is 5.97 Å². The van der Waals surface area contributed by atoms with Crippen LogP contribution in [-0.4, -0.2) is 34.2 Å². The molecule has 0 radical (unpaired) electrons. The molecule has 1 saturated heterocycles. The molecule has 0 saturated carbocycles. The van der Waals surface area contributed by atoms with E-state index >= 15 is 0 Å². The molecular formula is C12H21N3O3. The number of oxime groups is 1. The Bertz CT molecular complexity index is 329. The number of aliphatic carboxylic acids is 1. The van der Waals surface area contributed by atoms with Gasteiger partial charge in [-0.2, -0.15) is 0 Å². The van der Waals surface area contributed by atoms with Crippen LogP contribution in [0.25, 0.3) is 0 Å². The first-order chi connectivity index (χ1) is 8.63. The first-order valence-electron chi connectivity index (χ1n) is 6.24. The van der Waals surface area contributed by atoms with Crippen LogP contribution < -0.4 is 11.1 Å². The van der Waals surface area contributed by atoms with Gasteiger partial charge in [-0.05, 0) is 25.7 Å². The normalized spacial score (nSPS) is 24.7. The number of nitrogens with two attached hydrogens (primary N) is 1. The van der Waals surface area contributed by atoms with Gasteiger partial charge in [0, 0.05) is 12.5 Å². The van der Waals surface area contributed by atoms with Gasteiger partial charge in [0.25, 0.3) is 0 Å². The maximum Gasteiger partial charge on any atom is 0.320 e. The van der Waals surface area contributed by atoms with Gasteiger partial charge in [0.15, 0.2) is 0 Å². The summed E-state index contributed by atoms with van der Waals surface area (Å²) in [6.45, 7) is 0. The summed E-state index contributed by atoms with van der Waals surface area (Å²) in [6.07, 6.45) is 8.76.